The number of Topliss-reactive ketones (excluding diaryl/α,β-unsaturated/α-hetero) is 1. The number of pyridine rings is 1. The average molecular weight is 543 g/mol. The number of anilines is 1. The van der Waals surface area contributed by atoms with Gasteiger partial charge < -0.3 is 15.5 Å². The molecule has 0 unspecified atom stereocenters. The monoisotopic (exact) mass is 541 g/mol. The van der Waals surface area contributed by atoms with E-state index >= 15 is 0 Å². The number of aliphatic hydroxyl groups is 1. The van der Waals surface area contributed by atoms with Crippen LogP contribution in [0.2, 0.25) is 10.0 Å². The van der Waals surface area contributed by atoms with Gasteiger partial charge in [-0.05, 0) is 93.3 Å². The van der Waals surface area contributed by atoms with Crippen LogP contribution >= 0.6 is 23.2 Å². The standard InChI is InChI=1S/C29H33Cl2N3O3/c1-17(36)24-14-32-27-9-6-19(20-12-25(30)29(37)26(31)13-20)11-23(27)28(24)33-21-7-4-18(5-8-21)15-34-10-2-3-22(34)16-35/h6,9,11-14,18,21-22,35,37H,2-5,7-8,10,15-16H2,1H3,(H,32,33)/t18-,21-,22-/m0/s1. The van der Waals surface area contributed by atoms with Gasteiger partial charge in [0.2, 0.25) is 0 Å². The molecule has 0 radical (unpaired) electrons. The number of nitrogens with one attached hydrogen (secondary N) is 1. The van der Waals surface area contributed by atoms with Crippen LogP contribution < -0.4 is 5.32 Å². The maximum atomic E-state index is 12.6. The fraction of sp³-hybridized carbons (Fsp3) is 0.448. The van der Waals surface area contributed by atoms with Gasteiger partial charge in [-0.3, -0.25) is 14.7 Å². The smallest absolute Gasteiger partial charge is 0.163 e. The van der Waals surface area contributed by atoms with Crippen molar-refractivity contribution in [1.82, 2.24) is 9.88 Å². The third kappa shape index (κ3) is 5.58. The van der Waals surface area contributed by atoms with E-state index in [1.54, 1.807) is 25.3 Å². The van der Waals surface area contributed by atoms with Crippen LogP contribution in [-0.4, -0.2) is 57.7 Å². The second-order valence-corrected chi connectivity index (χ2v) is 11.3. The summed E-state index contributed by atoms with van der Waals surface area (Å²) < 4.78 is 0. The van der Waals surface area contributed by atoms with Crippen LogP contribution in [0.1, 0.15) is 55.8 Å². The highest BCUT2D eigenvalue weighted by molar-refractivity contribution is 6.37. The Morgan fingerprint density at radius 3 is 2.49 bits per heavy atom. The minimum atomic E-state index is -0.136. The van der Waals surface area contributed by atoms with E-state index in [-0.39, 0.29) is 34.2 Å². The number of hydrogen-bond acceptors (Lipinski definition) is 6. The predicted molar refractivity (Wildman–Crippen MR) is 150 cm³/mol. The molecule has 196 valence electrons. The number of likely N-dealkylation sites (tertiary alicyclic amines) is 1. The van der Waals surface area contributed by atoms with Crippen molar-refractivity contribution in [2.75, 3.05) is 25.0 Å². The number of ketones is 1. The quantitative estimate of drug-likeness (QED) is 0.294. The Kier molecular flexibility index (Phi) is 7.91. The average Bonchev–Trinajstić information content (AvgIpc) is 3.34. The molecule has 0 spiro atoms. The van der Waals surface area contributed by atoms with Crippen molar-refractivity contribution in [3.05, 3.63) is 52.1 Å². The molecule has 3 N–H and O–H groups in total. The summed E-state index contributed by atoms with van der Waals surface area (Å²) in [4.78, 5) is 19.6. The summed E-state index contributed by atoms with van der Waals surface area (Å²) in [5, 5.41) is 24.6. The van der Waals surface area contributed by atoms with Gasteiger partial charge in [0.15, 0.2) is 11.5 Å². The molecule has 0 bridgehead atoms. The summed E-state index contributed by atoms with van der Waals surface area (Å²) in [6.45, 7) is 3.98. The number of phenolic OH excluding ortho intramolecular Hbond substituents is 1. The number of aromatic hydroxyl groups is 1. The van der Waals surface area contributed by atoms with Gasteiger partial charge in [0.25, 0.3) is 0 Å². The number of carbonyl (C=O) groups is 1. The molecule has 2 aromatic carbocycles. The van der Waals surface area contributed by atoms with Crippen LogP contribution in [-0.2, 0) is 0 Å². The summed E-state index contributed by atoms with van der Waals surface area (Å²) in [5.74, 6) is 0.473. The number of halogens is 2. The molecule has 1 aliphatic carbocycles. The lowest BCUT2D eigenvalue weighted by Gasteiger charge is -2.34. The van der Waals surface area contributed by atoms with Gasteiger partial charge in [-0.2, -0.15) is 0 Å². The van der Waals surface area contributed by atoms with Crippen LogP contribution in [0, 0.1) is 5.92 Å². The minimum absolute atomic E-state index is 0.0317. The van der Waals surface area contributed by atoms with Gasteiger partial charge in [-0.1, -0.05) is 29.3 Å². The van der Waals surface area contributed by atoms with Gasteiger partial charge in [-0.15, -0.1) is 0 Å². The van der Waals surface area contributed by atoms with Gasteiger partial charge in [0.05, 0.1) is 33.4 Å². The first kappa shape index (κ1) is 26.2. The Labute approximate surface area is 227 Å². The van der Waals surface area contributed by atoms with Crippen molar-refractivity contribution in [1.29, 1.82) is 0 Å². The molecule has 0 amide bonds. The van der Waals surface area contributed by atoms with Crippen molar-refractivity contribution in [3.8, 4) is 16.9 Å². The first-order chi connectivity index (χ1) is 17.8. The number of hydrogen-bond donors (Lipinski definition) is 3. The van der Waals surface area contributed by atoms with Crippen LogP contribution in [0.3, 0.4) is 0 Å². The fourth-order valence-corrected chi connectivity index (χ4v) is 6.38. The topological polar surface area (TPSA) is 85.7 Å². The number of phenols is 1. The number of carbonyl (C=O) groups excluding carboxylic acids is 1. The molecule has 2 heterocycles. The van der Waals surface area contributed by atoms with E-state index in [4.69, 9.17) is 23.2 Å². The van der Waals surface area contributed by atoms with E-state index in [0.29, 0.717) is 17.5 Å². The maximum Gasteiger partial charge on any atom is 0.163 e. The van der Waals surface area contributed by atoms with Crippen LogP contribution in [0.4, 0.5) is 5.69 Å². The van der Waals surface area contributed by atoms with Crippen molar-refractivity contribution in [3.63, 3.8) is 0 Å². The molecule has 37 heavy (non-hydrogen) atoms. The van der Waals surface area contributed by atoms with Crippen molar-refractivity contribution >= 4 is 45.6 Å². The second kappa shape index (κ2) is 11.2. The number of aromatic nitrogens is 1. The first-order valence-corrected chi connectivity index (χ1v) is 13.8. The third-order valence-electron chi connectivity index (χ3n) is 8.00. The van der Waals surface area contributed by atoms with Crippen molar-refractivity contribution < 1.29 is 15.0 Å². The maximum absolute atomic E-state index is 12.6. The van der Waals surface area contributed by atoms with E-state index in [1.165, 1.54) is 6.42 Å². The second-order valence-electron chi connectivity index (χ2n) is 10.5. The zero-order chi connectivity index (χ0) is 26.1. The molecule has 1 aliphatic heterocycles. The molecule has 1 aromatic heterocycles. The summed E-state index contributed by atoms with van der Waals surface area (Å²) >= 11 is 12.4. The summed E-state index contributed by atoms with van der Waals surface area (Å²) in [6, 6.07) is 9.83. The van der Waals surface area contributed by atoms with E-state index in [2.05, 4.69) is 15.2 Å². The SMILES string of the molecule is CC(=O)c1cnc2ccc(-c3cc(Cl)c(O)c(Cl)c3)cc2c1N[C@H]1CC[C@H](CN2CCC[C@H]2CO)CC1. The van der Waals surface area contributed by atoms with E-state index in [9.17, 15) is 15.0 Å². The molecule has 1 atom stereocenters. The third-order valence-corrected chi connectivity index (χ3v) is 8.57. The lowest BCUT2D eigenvalue weighted by atomic mass is 9.85. The zero-order valence-corrected chi connectivity index (χ0v) is 22.5. The number of rotatable bonds is 7. The molecular formula is C29H33Cl2N3O3. The van der Waals surface area contributed by atoms with Crippen LogP contribution in [0.25, 0.3) is 22.0 Å². The lowest BCUT2D eigenvalue weighted by Crippen LogP contribution is -2.38. The molecule has 1 saturated heterocycles. The molecule has 3 aromatic rings. The lowest BCUT2D eigenvalue weighted by molar-refractivity contribution is 0.101. The summed E-state index contributed by atoms with van der Waals surface area (Å²) in [7, 11) is 0. The van der Waals surface area contributed by atoms with Crippen molar-refractivity contribution in [2.45, 2.75) is 57.5 Å². The predicted octanol–water partition coefficient (Wildman–Crippen LogP) is 6.54. The Morgan fingerprint density at radius 1 is 1.08 bits per heavy atom. The van der Waals surface area contributed by atoms with Gasteiger partial charge in [-0.25, -0.2) is 0 Å². The summed E-state index contributed by atoms with van der Waals surface area (Å²) in [5.41, 5.74) is 3.84. The molecule has 2 aliphatic rings. The van der Waals surface area contributed by atoms with Crippen LogP contribution in [0.15, 0.2) is 36.5 Å². The largest absolute Gasteiger partial charge is 0.505 e. The number of benzene rings is 2. The zero-order valence-electron chi connectivity index (χ0n) is 21.0. The normalized spacial score (nSPS) is 22.4. The number of aliphatic hydroxyl groups excluding tert-OH is 1. The van der Waals surface area contributed by atoms with Crippen LogP contribution in [0.5, 0.6) is 5.75 Å². The van der Waals surface area contributed by atoms with Crippen molar-refractivity contribution in [2.24, 2.45) is 5.92 Å². The number of fused-ring (bicyclic) bond motifs is 1. The fourth-order valence-electron chi connectivity index (χ4n) is 5.89. The molecular weight excluding hydrogens is 509 g/mol. The van der Waals surface area contributed by atoms with Gasteiger partial charge in [0.1, 0.15) is 0 Å². The minimum Gasteiger partial charge on any atom is -0.505 e. The first-order valence-electron chi connectivity index (χ1n) is 13.1. The Balaban J connectivity index is 1.39. The summed E-state index contributed by atoms with van der Waals surface area (Å²) in [6.07, 6.45) is 8.26. The van der Waals surface area contributed by atoms with Gasteiger partial charge in [0, 0.05) is 30.2 Å². The Morgan fingerprint density at radius 2 is 1.81 bits per heavy atom. The van der Waals surface area contributed by atoms with E-state index in [1.807, 2.05) is 18.2 Å². The Bertz CT molecular complexity index is 1280. The highest BCUT2D eigenvalue weighted by Crippen LogP contribution is 2.39. The molecule has 1 saturated carbocycles. The molecule has 2 fully saturated rings. The number of nitrogens with zero attached hydrogens (tertiary/aromatic N) is 2. The highest BCUT2D eigenvalue weighted by atomic mass is 35.5. The van der Waals surface area contributed by atoms with E-state index in [0.717, 1.165) is 72.9 Å². The Hall–Kier alpha value is -2.38. The molecule has 6 nitrogen and oxygen atoms in total. The van der Waals surface area contributed by atoms with E-state index < -0.39 is 0 Å². The highest BCUT2D eigenvalue weighted by Gasteiger charge is 2.29. The molecule has 8 heteroatoms. The molecule has 5 rings (SSSR count). The van der Waals surface area contributed by atoms with Gasteiger partial charge >= 0.3 is 0 Å².